The molecule has 4 aromatic rings. The molecular formula is C23H17Cl2N3O2S. The lowest BCUT2D eigenvalue weighted by molar-refractivity contribution is -0.113. The van der Waals surface area contributed by atoms with E-state index in [-0.39, 0.29) is 17.2 Å². The first-order valence-corrected chi connectivity index (χ1v) is 11.1. The Hall–Kier alpha value is -2.80. The third-order valence-electron chi connectivity index (χ3n) is 4.61. The van der Waals surface area contributed by atoms with Crippen molar-refractivity contribution >= 4 is 57.5 Å². The SMILES string of the molecule is Cc1nc2cccc(Cl)c2c(=O)n1-c1ccc(SCC(=O)Nc2ccc(Cl)cc2)cc1. The summed E-state index contributed by atoms with van der Waals surface area (Å²) in [6, 6.07) is 19.6. The number of halogens is 2. The van der Waals surface area contributed by atoms with Gasteiger partial charge in [-0.25, -0.2) is 4.98 Å². The lowest BCUT2D eigenvalue weighted by Gasteiger charge is -2.12. The van der Waals surface area contributed by atoms with Crippen LogP contribution in [0.2, 0.25) is 10.0 Å². The van der Waals surface area contributed by atoms with Crippen LogP contribution in [0.25, 0.3) is 16.6 Å². The van der Waals surface area contributed by atoms with E-state index in [0.717, 1.165) is 4.90 Å². The van der Waals surface area contributed by atoms with E-state index in [1.165, 1.54) is 16.3 Å². The highest BCUT2D eigenvalue weighted by Crippen LogP contribution is 2.23. The van der Waals surface area contributed by atoms with Crippen LogP contribution in [-0.2, 0) is 4.79 Å². The number of benzene rings is 3. The van der Waals surface area contributed by atoms with Gasteiger partial charge < -0.3 is 5.32 Å². The average Bonchev–Trinajstić information content (AvgIpc) is 2.74. The van der Waals surface area contributed by atoms with Gasteiger partial charge in [0, 0.05) is 15.6 Å². The van der Waals surface area contributed by atoms with Crippen LogP contribution in [0.3, 0.4) is 0 Å². The number of anilines is 1. The zero-order valence-corrected chi connectivity index (χ0v) is 18.8. The number of rotatable bonds is 5. The molecule has 4 rings (SSSR count). The molecule has 31 heavy (non-hydrogen) atoms. The Kier molecular flexibility index (Phi) is 6.32. The van der Waals surface area contributed by atoms with Crippen molar-refractivity contribution in [2.75, 3.05) is 11.1 Å². The number of hydrogen-bond donors (Lipinski definition) is 1. The van der Waals surface area contributed by atoms with E-state index < -0.39 is 0 Å². The predicted molar refractivity (Wildman–Crippen MR) is 128 cm³/mol. The maximum Gasteiger partial charge on any atom is 0.267 e. The van der Waals surface area contributed by atoms with Crippen molar-refractivity contribution in [1.29, 1.82) is 0 Å². The van der Waals surface area contributed by atoms with Crippen LogP contribution < -0.4 is 10.9 Å². The van der Waals surface area contributed by atoms with Gasteiger partial charge in [0.05, 0.1) is 27.4 Å². The Bertz CT molecular complexity index is 1320. The fourth-order valence-electron chi connectivity index (χ4n) is 3.18. The highest BCUT2D eigenvalue weighted by atomic mass is 35.5. The minimum Gasteiger partial charge on any atom is -0.325 e. The van der Waals surface area contributed by atoms with Crippen LogP contribution in [0.4, 0.5) is 5.69 Å². The lowest BCUT2D eigenvalue weighted by Crippen LogP contribution is -2.22. The lowest BCUT2D eigenvalue weighted by atomic mass is 10.2. The molecule has 0 radical (unpaired) electrons. The van der Waals surface area contributed by atoms with Gasteiger partial charge in [0.25, 0.3) is 5.56 Å². The van der Waals surface area contributed by atoms with Gasteiger partial charge in [0.1, 0.15) is 5.82 Å². The van der Waals surface area contributed by atoms with Crippen LogP contribution in [0.5, 0.6) is 0 Å². The number of thioether (sulfide) groups is 1. The molecule has 0 aliphatic carbocycles. The maximum atomic E-state index is 13.0. The van der Waals surface area contributed by atoms with Gasteiger partial charge >= 0.3 is 0 Å². The molecule has 0 unspecified atom stereocenters. The summed E-state index contributed by atoms with van der Waals surface area (Å²) in [5, 5.41) is 4.22. The summed E-state index contributed by atoms with van der Waals surface area (Å²) in [6.45, 7) is 1.78. The van der Waals surface area contributed by atoms with Crippen molar-refractivity contribution in [2.24, 2.45) is 0 Å². The van der Waals surface area contributed by atoms with Gasteiger partial charge in [0.2, 0.25) is 5.91 Å². The number of nitrogens with one attached hydrogen (secondary N) is 1. The number of fused-ring (bicyclic) bond motifs is 1. The van der Waals surface area contributed by atoms with Crippen LogP contribution in [0.1, 0.15) is 5.82 Å². The summed E-state index contributed by atoms with van der Waals surface area (Å²) in [5.74, 6) is 0.716. The zero-order valence-electron chi connectivity index (χ0n) is 16.4. The largest absolute Gasteiger partial charge is 0.325 e. The Morgan fingerprint density at radius 2 is 1.74 bits per heavy atom. The molecule has 1 aromatic heterocycles. The van der Waals surface area contributed by atoms with Crippen molar-refractivity contribution < 1.29 is 4.79 Å². The van der Waals surface area contributed by atoms with E-state index >= 15 is 0 Å². The highest BCUT2D eigenvalue weighted by Gasteiger charge is 2.12. The number of amides is 1. The third-order valence-corrected chi connectivity index (χ3v) is 6.19. The molecule has 8 heteroatoms. The smallest absolute Gasteiger partial charge is 0.267 e. The van der Waals surface area contributed by atoms with E-state index in [4.69, 9.17) is 23.2 Å². The van der Waals surface area contributed by atoms with Crippen LogP contribution in [-0.4, -0.2) is 21.2 Å². The van der Waals surface area contributed by atoms with Crippen molar-refractivity contribution in [2.45, 2.75) is 11.8 Å². The molecule has 0 aliphatic rings. The molecule has 0 bridgehead atoms. The number of hydrogen-bond acceptors (Lipinski definition) is 4. The monoisotopic (exact) mass is 469 g/mol. The maximum absolute atomic E-state index is 13.0. The minimum absolute atomic E-state index is 0.114. The van der Waals surface area contributed by atoms with E-state index in [0.29, 0.717) is 38.1 Å². The summed E-state index contributed by atoms with van der Waals surface area (Å²) in [4.78, 5) is 30.6. The molecule has 0 atom stereocenters. The van der Waals surface area contributed by atoms with E-state index in [9.17, 15) is 9.59 Å². The molecule has 0 spiro atoms. The fourth-order valence-corrected chi connectivity index (χ4v) is 4.25. The first-order chi connectivity index (χ1) is 14.9. The predicted octanol–water partition coefficient (Wildman–Crippen LogP) is 5.73. The molecule has 1 N–H and O–H groups in total. The molecule has 0 aliphatic heterocycles. The quantitative estimate of drug-likeness (QED) is 0.379. The van der Waals surface area contributed by atoms with Crippen LogP contribution in [0, 0.1) is 6.92 Å². The van der Waals surface area contributed by atoms with Crippen LogP contribution in [0.15, 0.2) is 76.4 Å². The van der Waals surface area contributed by atoms with Crippen molar-refractivity contribution in [3.63, 3.8) is 0 Å². The fraction of sp³-hybridized carbons (Fsp3) is 0.0870. The zero-order chi connectivity index (χ0) is 22.0. The summed E-state index contributed by atoms with van der Waals surface area (Å²) < 4.78 is 1.54. The third kappa shape index (κ3) is 4.77. The average molecular weight is 470 g/mol. The van der Waals surface area contributed by atoms with E-state index in [1.54, 1.807) is 49.4 Å². The number of aryl methyl sites for hydroxylation is 1. The molecule has 3 aromatic carbocycles. The first kappa shape index (κ1) is 21.4. The van der Waals surface area contributed by atoms with Gasteiger partial charge in [-0.1, -0.05) is 29.3 Å². The minimum atomic E-state index is -0.212. The van der Waals surface area contributed by atoms with Gasteiger partial charge in [0.15, 0.2) is 0 Å². The Morgan fingerprint density at radius 3 is 2.45 bits per heavy atom. The molecule has 0 fully saturated rings. The summed E-state index contributed by atoms with van der Waals surface area (Å²) in [6.07, 6.45) is 0. The van der Waals surface area contributed by atoms with Gasteiger partial charge in [-0.15, -0.1) is 11.8 Å². The Morgan fingerprint density at radius 1 is 1.03 bits per heavy atom. The van der Waals surface area contributed by atoms with Gasteiger partial charge in [-0.3, -0.25) is 14.2 Å². The Balaban J connectivity index is 1.50. The summed E-state index contributed by atoms with van der Waals surface area (Å²) in [7, 11) is 0. The second-order valence-electron chi connectivity index (χ2n) is 6.77. The van der Waals surface area contributed by atoms with Crippen molar-refractivity contribution in [3.8, 4) is 5.69 Å². The molecule has 1 heterocycles. The van der Waals surface area contributed by atoms with Crippen molar-refractivity contribution in [1.82, 2.24) is 9.55 Å². The van der Waals surface area contributed by atoms with Crippen molar-refractivity contribution in [3.05, 3.63) is 93.0 Å². The number of aromatic nitrogens is 2. The molecular weight excluding hydrogens is 453 g/mol. The molecule has 0 saturated carbocycles. The Labute approximate surface area is 193 Å². The highest BCUT2D eigenvalue weighted by molar-refractivity contribution is 8.00. The summed E-state index contributed by atoms with van der Waals surface area (Å²) in [5.41, 5.74) is 1.75. The first-order valence-electron chi connectivity index (χ1n) is 9.39. The number of carbonyl (C=O) groups excluding carboxylic acids is 1. The number of nitrogens with zero attached hydrogens (tertiary/aromatic N) is 2. The van der Waals surface area contributed by atoms with Gasteiger partial charge in [-0.2, -0.15) is 0 Å². The second kappa shape index (κ2) is 9.14. The van der Waals surface area contributed by atoms with E-state index in [2.05, 4.69) is 10.3 Å². The van der Waals surface area contributed by atoms with Gasteiger partial charge in [-0.05, 0) is 67.6 Å². The standard InChI is InChI=1S/C23H17Cl2N3O2S/c1-14-26-20-4-2-3-19(25)22(20)23(30)28(14)17-9-11-18(12-10-17)31-13-21(29)27-16-7-5-15(24)6-8-16/h2-12H,13H2,1H3,(H,27,29). The van der Waals surface area contributed by atoms with E-state index in [1.807, 2.05) is 24.3 Å². The molecule has 5 nitrogen and oxygen atoms in total. The summed E-state index contributed by atoms with van der Waals surface area (Å²) >= 11 is 13.5. The molecule has 156 valence electrons. The number of carbonyl (C=O) groups is 1. The van der Waals surface area contributed by atoms with Crippen LogP contribution >= 0.6 is 35.0 Å². The molecule has 0 saturated heterocycles. The molecule has 1 amide bonds. The topological polar surface area (TPSA) is 64.0 Å². The normalized spacial score (nSPS) is 10.9. The second-order valence-corrected chi connectivity index (χ2v) is 8.66.